The smallest absolute Gasteiger partial charge is 0.177 e. The molecule has 3 heteroatoms. The highest BCUT2D eigenvalue weighted by atomic mass is 15.0. The number of pyridine rings is 1. The van der Waals surface area contributed by atoms with Gasteiger partial charge in [0.1, 0.15) is 5.82 Å². The quantitative estimate of drug-likeness (QED) is 0.831. The van der Waals surface area contributed by atoms with Crippen molar-refractivity contribution in [3.63, 3.8) is 0 Å². The fourth-order valence-electron chi connectivity index (χ4n) is 4.85. The second kappa shape index (κ2) is 2.95. The van der Waals surface area contributed by atoms with Gasteiger partial charge in [-0.3, -0.25) is 0 Å². The van der Waals surface area contributed by atoms with E-state index in [1.54, 1.807) is 0 Å². The number of imidazole rings is 1. The van der Waals surface area contributed by atoms with Crippen molar-refractivity contribution < 1.29 is 0 Å². The number of rotatable bonds is 1. The number of H-pyrrole nitrogens is 1. The van der Waals surface area contributed by atoms with Gasteiger partial charge in [-0.05, 0) is 62.0 Å². The first-order valence-corrected chi connectivity index (χ1v) is 7.14. The van der Waals surface area contributed by atoms with Crippen molar-refractivity contribution in [3.05, 3.63) is 23.7 Å². The summed E-state index contributed by atoms with van der Waals surface area (Å²) in [6.45, 7) is 2.03. The Labute approximate surface area is 106 Å². The summed E-state index contributed by atoms with van der Waals surface area (Å²) in [4.78, 5) is 12.8. The van der Waals surface area contributed by atoms with Gasteiger partial charge in [-0.25, -0.2) is 9.97 Å². The molecule has 92 valence electrons. The molecular formula is C15H17N3. The van der Waals surface area contributed by atoms with Gasteiger partial charge in [0.05, 0.1) is 5.52 Å². The predicted octanol–water partition coefficient (Wildman–Crippen LogP) is 3.03. The fraction of sp³-hybridized carbons (Fsp3) is 0.600. The van der Waals surface area contributed by atoms with Crippen molar-refractivity contribution >= 4 is 11.2 Å². The molecule has 0 aromatic carbocycles. The van der Waals surface area contributed by atoms with Crippen LogP contribution in [0.1, 0.15) is 36.7 Å². The molecule has 3 saturated carbocycles. The summed E-state index contributed by atoms with van der Waals surface area (Å²) >= 11 is 0. The van der Waals surface area contributed by atoms with Gasteiger partial charge in [0, 0.05) is 11.6 Å². The van der Waals surface area contributed by atoms with Crippen LogP contribution in [0.15, 0.2) is 12.1 Å². The lowest BCUT2D eigenvalue weighted by Gasteiger charge is -2.05. The normalized spacial score (nSPS) is 40.4. The Kier molecular flexibility index (Phi) is 1.57. The van der Waals surface area contributed by atoms with E-state index in [0.29, 0.717) is 0 Å². The zero-order valence-electron chi connectivity index (χ0n) is 10.6. The minimum atomic E-state index is 0.728. The van der Waals surface area contributed by atoms with E-state index in [9.17, 15) is 0 Å². The topological polar surface area (TPSA) is 41.6 Å². The molecule has 3 nitrogen and oxygen atoms in total. The first-order chi connectivity index (χ1) is 8.81. The van der Waals surface area contributed by atoms with Gasteiger partial charge in [0.25, 0.3) is 0 Å². The summed E-state index contributed by atoms with van der Waals surface area (Å²) < 4.78 is 0. The van der Waals surface area contributed by atoms with Crippen LogP contribution in [0.3, 0.4) is 0 Å². The fourth-order valence-corrected chi connectivity index (χ4v) is 4.85. The second-order valence-electron chi connectivity index (χ2n) is 6.46. The molecule has 18 heavy (non-hydrogen) atoms. The molecule has 0 saturated heterocycles. The molecule has 2 aromatic heterocycles. The molecule has 0 amide bonds. The van der Waals surface area contributed by atoms with Gasteiger partial charge in [-0.1, -0.05) is 0 Å². The Morgan fingerprint density at radius 1 is 1.11 bits per heavy atom. The molecule has 3 fully saturated rings. The lowest BCUT2D eigenvalue weighted by atomic mass is 10.0. The van der Waals surface area contributed by atoms with Crippen molar-refractivity contribution in [1.82, 2.24) is 15.0 Å². The third kappa shape index (κ3) is 1.06. The predicted molar refractivity (Wildman–Crippen MR) is 69.2 cm³/mol. The molecule has 2 aromatic rings. The second-order valence-corrected chi connectivity index (χ2v) is 6.46. The highest BCUT2D eigenvalue weighted by Gasteiger charge is 2.66. The maximum atomic E-state index is 4.75. The highest BCUT2D eigenvalue weighted by molar-refractivity contribution is 5.71. The van der Waals surface area contributed by atoms with Crippen molar-refractivity contribution in [1.29, 1.82) is 0 Å². The molecule has 3 aliphatic rings. The molecule has 0 spiro atoms. The Morgan fingerprint density at radius 3 is 2.67 bits per heavy atom. The van der Waals surface area contributed by atoms with Crippen LogP contribution in [0, 0.1) is 30.6 Å². The van der Waals surface area contributed by atoms with Crippen LogP contribution < -0.4 is 0 Å². The molecule has 3 aliphatic carbocycles. The van der Waals surface area contributed by atoms with E-state index < -0.39 is 0 Å². The number of aryl methyl sites for hydroxylation is 1. The average Bonchev–Trinajstić information content (AvgIpc) is 2.75. The number of fused-ring (bicyclic) bond motifs is 6. The number of nitrogens with zero attached hydrogens (tertiary/aromatic N) is 2. The first kappa shape index (κ1) is 9.54. The summed E-state index contributed by atoms with van der Waals surface area (Å²) in [5.74, 6) is 5.86. The molecule has 0 aliphatic heterocycles. The average molecular weight is 239 g/mol. The first-order valence-electron chi connectivity index (χ1n) is 7.14. The van der Waals surface area contributed by atoms with E-state index in [1.807, 2.05) is 6.92 Å². The molecular weight excluding hydrogens is 222 g/mol. The van der Waals surface area contributed by atoms with Crippen LogP contribution >= 0.6 is 0 Å². The lowest BCUT2D eigenvalue weighted by molar-refractivity contribution is 0.456. The third-order valence-corrected chi connectivity index (χ3v) is 5.55. The largest absolute Gasteiger partial charge is 0.340 e. The van der Waals surface area contributed by atoms with E-state index in [2.05, 4.69) is 22.1 Å². The van der Waals surface area contributed by atoms with E-state index in [-0.39, 0.29) is 0 Å². The summed E-state index contributed by atoms with van der Waals surface area (Å²) in [6.07, 6.45) is 4.45. The van der Waals surface area contributed by atoms with Crippen molar-refractivity contribution in [3.8, 4) is 0 Å². The molecule has 2 heterocycles. The molecule has 4 atom stereocenters. The minimum absolute atomic E-state index is 0.728. The highest BCUT2D eigenvalue weighted by Crippen LogP contribution is 2.72. The van der Waals surface area contributed by atoms with Crippen molar-refractivity contribution in [2.45, 2.75) is 32.1 Å². The summed E-state index contributed by atoms with van der Waals surface area (Å²) in [5, 5.41) is 0. The van der Waals surface area contributed by atoms with Gasteiger partial charge in [-0.2, -0.15) is 0 Å². The minimum Gasteiger partial charge on any atom is -0.340 e. The van der Waals surface area contributed by atoms with Crippen LogP contribution in [0.2, 0.25) is 0 Å². The Morgan fingerprint density at radius 2 is 1.89 bits per heavy atom. The third-order valence-electron chi connectivity index (χ3n) is 5.55. The van der Waals surface area contributed by atoms with E-state index in [0.717, 1.165) is 46.4 Å². The Hall–Kier alpha value is -1.38. The Balaban J connectivity index is 1.56. The number of hydrogen-bond acceptors (Lipinski definition) is 2. The van der Waals surface area contributed by atoms with Crippen molar-refractivity contribution in [2.75, 3.05) is 0 Å². The zero-order valence-corrected chi connectivity index (χ0v) is 10.6. The van der Waals surface area contributed by atoms with Gasteiger partial charge in [0.15, 0.2) is 5.65 Å². The molecule has 1 N–H and O–H groups in total. The summed E-state index contributed by atoms with van der Waals surface area (Å²) in [5.41, 5.74) is 3.06. The van der Waals surface area contributed by atoms with Crippen LogP contribution in [-0.2, 0) is 0 Å². The number of aromatic amines is 1. The van der Waals surface area contributed by atoms with Gasteiger partial charge < -0.3 is 4.98 Å². The van der Waals surface area contributed by atoms with Gasteiger partial charge in [0.2, 0.25) is 0 Å². The number of aromatic nitrogens is 3. The number of nitrogens with one attached hydrogen (secondary N) is 1. The SMILES string of the molecule is Cc1ccc2[nH]c(C3C4C5CCC(C5)C34)nc2n1. The lowest BCUT2D eigenvalue weighted by Crippen LogP contribution is -1.98. The zero-order chi connectivity index (χ0) is 11.9. The van der Waals surface area contributed by atoms with E-state index in [1.165, 1.54) is 25.1 Å². The monoisotopic (exact) mass is 239 g/mol. The van der Waals surface area contributed by atoms with Crippen molar-refractivity contribution in [2.24, 2.45) is 23.7 Å². The maximum absolute atomic E-state index is 4.75. The van der Waals surface area contributed by atoms with Gasteiger partial charge in [-0.15, -0.1) is 0 Å². The molecule has 2 bridgehead atoms. The van der Waals surface area contributed by atoms with Crippen LogP contribution in [0.4, 0.5) is 0 Å². The van der Waals surface area contributed by atoms with Gasteiger partial charge >= 0.3 is 0 Å². The Bertz CT molecular complexity index is 628. The van der Waals surface area contributed by atoms with Crippen LogP contribution in [-0.4, -0.2) is 15.0 Å². The standard InChI is InChI=1S/C15H17N3/c1-7-2-5-10-14(16-7)18-15(17-10)13-11-8-3-4-9(6-8)12(11)13/h2,5,8-9,11-13H,3-4,6H2,1H3,(H,16,17,18). The summed E-state index contributed by atoms with van der Waals surface area (Å²) in [7, 11) is 0. The van der Waals surface area contributed by atoms with E-state index >= 15 is 0 Å². The maximum Gasteiger partial charge on any atom is 0.177 e. The number of hydrogen-bond donors (Lipinski definition) is 1. The molecule has 5 rings (SSSR count). The van der Waals surface area contributed by atoms with E-state index in [4.69, 9.17) is 4.98 Å². The summed E-state index contributed by atoms with van der Waals surface area (Å²) in [6, 6.07) is 4.17. The molecule has 0 radical (unpaired) electrons. The van der Waals surface area contributed by atoms with Crippen LogP contribution in [0.5, 0.6) is 0 Å². The van der Waals surface area contributed by atoms with Crippen LogP contribution in [0.25, 0.3) is 11.2 Å². The molecule has 4 unspecified atom stereocenters.